The van der Waals surface area contributed by atoms with Crippen LogP contribution in [0.15, 0.2) is 24.3 Å². The van der Waals surface area contributed by atoms with Gasteiger partial charge in [-0.2, -0.15) is 13.2 Å². The lowest BCUT2D eigenvalue weighted by atomic mass is 10.1. The predicted molar refractivity (Wildman–Crippen MR) is 90.7 cm³/mol. The van der Waals surface area contributed by atoms with Gasteiger partial charge >= 0.3 is 12.1 Å². The number of H-pyrrole nitrogens is 1. The van der Waals surface area contributed by atoms with Gasteiger partial charge in [-0.25, -0.2) is 4.79 Å². The van der Waals surface area contributed by atoms with Crippen molar-refractivity contribution in [2.24, 2.45) is 0 Å². The number of amides is 1. The zero-order valence-corrected chi connectivity index (χ0v) is 14.8. The number of esters is 1. The Morgan fingerprint density at radius 1 is 1.15 bits per heavy atom. The summed E-state index contributed by atoms with van der Waals surface area (Å²) in [6, 6.07) is 3.95. The molecule has 1 aromatic heterocycles. The Morgan fingerprint density at radius 3 is 2.22 bits per heavy atom. The summed E-state index contributed by atoms with van der Waals surface area (Å²) in [7, 11) is 1.17. The van der Waals surface area contributed by atoms with Crippen molar-refractivity contribution in [1.82, 2.24) is 4.98 Å². The molecule has 0 spiro atoms. The summed E-state index contributed by atoms with van der Waals surface area (Å²) in [6.07, 6.45) is -4.76. The molecule has 144 valence electrons. The fourth-order valence-corrected chi connectivity index (χ4v) is 2.63. The molecule has 1 aromatic carbocycles. The van der Waals surface area contributed by atoms with Crippen molar-refractivity contribution < 1.29 is 32.3 Å². The number of rotatable bonds is 5. The van der Waals surface area contributed by atoms with Crippen LogP contribution < -0.4 is 5.32 Å². The number of benzene rings is 1. The third-order valence-electron chi connectivity index (χ3n) is 3.90. The zero-order valence-electron chi connectivity index (χ0n) is 14.8. The second-order valence-electron chi connectivity index (χ2n) is 5.83. The number of carbonyl (C=O) groups excluding carboxylic acids is 3. The molecule has 0 aliphatic rings. The van der Waals surface area contributed by atoms with Crippen molar-refractivity contribution in [3.8, 4) is 0 Å². The van der Waals surface area contributed by atoms with E-state index in [4.69, 9.17) is 0 Å². The Bertz CT molecular complexity index is 883. The van der Waals surface area contributed by atoms with E-state index in [9.17, 15) is 27.6 Å². The quantitative estimate of drug-likeness (QED) is 0.612. The number of ketones is 1. The van der Waals surface area contributed by atoms with E-state index in [1.807, 2.05) is 0 Å². The highest BCUT2D eigenvalue weighted by atomic mass is 19.4. The number of halogens is 3. The molecule has 0 unspecified atom stereocenters. The lowest BCUT2D eigenvalue weighted by molar-refractivity contribution is -0.137. The summed E-state index contributed by atoms with van der Waals surface area (Å²) in [6.45, 7) is 2.86. The van der Waals surface area contributed by atoms with E-state index in [-0.39, 0.29) is 34.8 Å². The van der Waals surface area contributed by atoms with Crippen LogP contribution in [0, 0.1) is 6.92 Å². The molecular weight excluding hydrogens is 365 g/mol. The van der Waals surface area contributed by atoms with Crippen molar-refractivity contribution >= 4 is 23.3 Å². The van der Waals surface area contributed by atoms with Gasteiger partial charge in [-0.05, 0) is 36.8 Å². The Kier molecular flexibility index (Phi) is 5.72. The molecule has 2 aromatic rings. The number of alkyl halides is 3. The summed E-state index contributed by atoms with van der Waals surface area (Å²) in [5.74, 6) is -1.59. The van der Waals surface area contributed by atoms with Crippen LogP contribution in [0.2, 0.25) is 0 Å². The highest BCUT2D eigenvalue weighted by Crippen LogP contribution is 2.30. The lowest BCUT2D eigenvalue weighted by Crippen LogP contribution is -2.17. The summed E-state index contributed by atoms with van der Waals surface area (Å²) < 4.78 is 42.4. The van der Waals surface area contributed by atoms with Crippen molar-refractivity contribution in [3.05, 3.63) is 52.3 Å². The predicted octanol–water partition coefficient (Wildman–Crippen LogP) is 3.51. The normalized spacial score (nSPS) is 11.2. The average Bonchev–Trinajstić information content (AvgIpc) is 2.90. The van der Waals surface area contributed by atoms with E-state index >= 15 is 0 Å². The molecule has 0 bridgehead atoms. The van der Waals surface area contributed by atoms with Crippen LogP contribution in [-0.2, 0) is 22.1 Å². The maximum Gasteiger partial charge on any atom is 0.416 e. The van der Waals surface area contributed by atoms with E-state index in [0.717, 1.165) is 24.3 Å². The van der Waals surface area contributed by atoms with Crippen molar-refractivity contribution in [2.75, 3.05) is 12.4 Å². The number of carbonyl (C=O) groups is 3. The van der Waals surface area contributed by atoms with E-state index in [1.165, 1.54) is 14.0 Å². The van der Waals surface area contributed by atoms with E-state index in [0.29, 0.717) is 5.56 Å². The second kappa shape index (κ2) is 7.65. The van der Waals surface area contributed by atoms with Gasteiger partial charge in [0.05, 0.1) is 30.4 Å². The molecule has 0 saturated heterocycles. The molecular formula is C18H17F3N2O4. The third kappa shape index (κ3) is 4.55. The molecule has 1 amide bonds. The third-order valence-corrected chi connectivity index (χ3v) is 3.90. The summed E-state index contributed by atoms with van der Waals surface area (Å²) in [5.41, 5.74) is 0.167. The first-order chi connectivity index (χ1) is 12.5. The van der Waals surface area contributed by atoms with Crippen LogP contribution in [-0.4, -0.2) is 29.8 Å². The van der Waals surface area contributed by atoms with Gasteiger partial charge in [-0.3, -0.25) is 9.59 Å². The maximum absolute atomic E-state index is 12.6. The number of anilines is 1. The van der Waals surface area contributed by atoms with Gasteiger partial charge in [-0.1, -0.05) is 0 Å². The smallest absolute Gasteiger partial charge is 0.416 e. The first-order valence-electron chi connectivity index (χ1n) is 7.82. The van der Waals surface area contributed by atoms with Crippen molar-refractivity contribution in [2.45, 2.75) is 26.4 Å². The fourth-order valence-electron chi connectivity index (χ4n) is 2.63. The first kappa shape index (κ1) is 20.2. The Balaban J connectivity index is 2.21. The molecule has 9 heteroatoms. The number of Topliss-reactive ketones (excluding diaryl/α,β-unsaturated/α-hetero) is 1. The second-order valence-corrected chi connectivity index (χ2v) is 5.83. The number of hydrogen-bond acceptors (Lipinski definition) is 4. The van der Waals surface area contributed by atoms with Crippen LogP contribution in [0.3, 0.4) is 0 Å². The van der Waals surface area contributed by atoms with E-state index in [2.05, 4.69) is 15.0 Å². The highest BCUT2D eigenvalue weighted by Gasteiger charge is 2.30. The zero-order chi connectivity index (χ0) is 20.4. The molecule has 2 rings (SSSR count). The molecule has 0 aliphatic heterocycles. The molecule has 1 heterocycles. The van der Waals surface area contributed by atoms with Gasteiger partial charge in [0.15, 0.2) is 5.78 Å². The Morgan fingerprint density at radius 2 is 1.74 bits per heavy atom. The van der Waals surface area contributed by atoms with Crippen LogP contribution in [0.1, 0.15) is 44.6 Å². The van der Waals surface area contributed by atoms with E-state index in [1.54, 1.807) is 6.92 Å². The maximum atomic E-state index is 12.6. The van der Waals surface area contributed by atoms with Gasteiger partial charge in [0.25, 0.3) is 0 Å². The number of aromatic amines is 1. The topological polar surface area (TPSA) is 88.3 Å². The van der Waals surface area contributed by atoms with Crippen molar-refractivity contribution in [3.63, 3.8) is 0 Å². The molecule has 0 radical (unpaired) electrons. The van der Waals surface area contributed by atoms with Crippen LogP contribution in [0.25, 0.3) is 0 Å². The minimum Gasteiger partial charge on any atom is -0.465 e. The number of ether oxygens (including phenoxy) is 1. The Labute approximate surface area is 152 Å². The monoisotopic (exact) mass is 382 g/mol. The minimum absolute atomic E-state index is 0.0882. The summed E-state index contributed by atoms with van der Waals surface area (Å²) in [5, 5.41) is 2.45. The lowest BCUT2D eigenvalue weighted by Gasteiger charge is -2.09. The van der Waals surface area contributed by atoms with Gasteiger partial charge < -0.3 is 15.0 Å². The van der Waals surface area contributed by atoms with E-state index < -0.39 is 23.6 Å². The number of aromatic nitrogens is 1. The molecule has 0 aliphatic carbocycles. The number of methoxy groups -OCH3 is 1. The molecule has 0 atom stereocenters. The minimum atomic E-state index is -4.47. The largest absolute Gasteiger partial charge is 0.465 e. The molecule has 2 N–H and O–H groups in total. The highest BCUT2D eigenvalue weighted by molar-refractivity contribution is 6.02. The fraction of sp³-hybridized carbons (Fsp3) is 0.278. The molecule has 27 heavy (non-hydrogen) atoms. The van der Waals surface area contributed by atoms with Gasteiger partial charge in [0, 0.05) is 18.3 Å². The molecule has 0 fully saturated rings. The SMILES string of the molecule is COC(=O)c1c(CC(=O)Nc2ccc(C(F)(F)F)cc2)[nH]c(C(C)=O)c1C. The number of nitrogens with one attached hydrogen (secondary N) is 2. The average molecular weight is 382 g/mol. The first-order valence-corrected chi connectivity index (χ1v) is 7.82. The molecule has 0 saturated carbocycles. The van der Waals surface area contributed by atoms with Crippen LogP contribution in [0.4, 0.5) is 18.9 Å². The Hall–Kier alpha value is -3.10. The summed E-state index contributed by atoms with van der Waals surface area (Å²) >= 11 is 0. The standard InChI is InChI=1S/C18H17F3N2O4/c1-9-15(17(26)27-3)13(23-16(9)10(2)24)8-14(25)22-12-6-4-11(5-7-12)18(19,20)21/h4-7,23H,8H2,1-3H3,(H,22,25). The van der Waals surface area contributed by atoms with Crippen molar-refractivity contribution in [1.29, 1.82) is 0 Å². The van der Waals surface area contributed by atoms with Gasteiger partial charge in [0.2, 0.25) is 5.91 Å². The van der Waals surface area contributed by atoms with Gasteiger partial charge in [-0.15, -0.1) is 0 Å². The molecule has 6 nitrogen and oxygen atoms in total. The summed E-state index contributed by atoms with van der Waals surface area (Å²) in [4.78, 5) is 38.6. The van der Waals surface area contributed by atoms with Crippen LogP contribution >= 0.6 is 0 Å². The number of hydrogen-bond donors (Lipinski definition) is 2. The van der Waals surface area contributed by atoms with Gasteiger partial charge in [0.1, 0.15) is 0 Å². The van der Waals surface area contributed by atoms with Crippen LogP contribution in [0.5, 0.6) is 0 Å².